The van der Waals surface area contributed by atoms with E-state index in [1.807, 2.05) is 16.9 Å². The van der Waals surface area contributed by atoms with E-state index in [0.717, 1.165) is 18.2 Å². The second-order valence-electron chi connectivity index (χ2n) is 6.99. The molecule has 1 fully saturated rings. The number of nitrogens with one attached hydrogen (secondary N) is 2. The molecule has 3 aromatic heterocycles. The zero-order valence-corrected chi connectivity index (χ0v) is 16.0. The third-order valence-electron chi connectivity index (χ3n) is 5.30. The zero-order chi connectivity index (χ0) is 19.5. The van der Waals surface area contributed by atoms with Crippen LogP contribution in [0.15, 0.2) is 24.8 Å². The quantitative estimate of drug-likeness (QED) is 0.616. The number of fused-ring (bicyclic) bond motifs is 1. The number of alkyl halides is 1. The van der Waals surface area contributed by atoms with Crippen molar-refractivity contribution in [3.05, 3.63) is 24.8 Å². The molecule has 1 unspecified atom stereocenters. The minimum Gasteiger partial charge on any atom is -0.346 e. The molecule has 3 aromatic rings. The molecule has 0 aromatic carbocycles. The third kappa shape index (κ3) is 3.45. The molecular formula is C19H20ClN7O. The van der Waals surface area contributed by atoms with Gasteiger partial charge >= 0.3 is 0 Å². The fraction of sp³-hybridized carbons (Fsp3) is 0.421. The summed E-state index contributed by atoms with van der Waals surface area (Å²) in [7, 11) is 0. The van der Waals surface area contributed by atoms with Gasteiger partial charge in [-0.15, -0.1) is 11.6 Å². The predicted molar refractivity (Wildman–Crippen MR) is 106 cm³/mol. The molecule has 1 aliphatic rings. The smallest absolute Gasteiger partial charge is 0.240 e. The van der Waals surface area contributed by atoms with Gasteiger partial charge in [-0.1, -0.05) is 12.8 Å². The fourth-order valence-electron chi connectivity index (χ4n) is 3.99. The Hall–Kier alpha value is -2.92. The van der Waals surface area contributed by atoms with Gasteiger partial charge in [-0.3, -0.25) is 9.48 Å². The molecular weight excluding hydrogens is 378 g/mol. The van der Waals surface area contributed by atoms with Crippen molar-refractivity contribution in [2.75, 3.05) is 11.2 Å². The van der Waals surface area contributed by atoms with Crippen molar-refractivity contribution in [2.45, 2.75) is 38.1 Å². The van der Waals surface area contributed by atoms with E-state index < -0.39 is 0 Å². The monoisotopic (exact) mass is 397 g/mol. The largest absolute Gasteiger partial charge is 0.346 e. The minimum atomic E-state index is -0.342. The lowest BCUT2D eigenvalue weighted by atomic mass is 9.96. The molecule has 0 saturated heterocycles. The Kier molecular flexibility index (Phi) is 5.26. The Morgan fingerprint density at radius 1 is 1.43 bits per heavy atom. The first-order chi connectivity index (χ1) is 13.7. The van der Waals surface area contributed by atoms with Crippen LogP contribution in [-0.4, -0.2) is 36.5 Å². The van der Waals surface area contributed by atoms with Gasteiger partial charge in [0.2, 0.25) is 5.91 Å². The molecule has 3 heterocycles. The lowest BCUT2D eigenvalue weighted by molar-refractivity contribution is -0.113. The molecule has 0 aliphatic heterocycles. The number of anilines is 1. The van der Waals surface area contributed by atoms with Crippen molar-refractivity contribution >= 4 is 34.4 Å². The van der Waals surface area contributed by atoms with E-state index in [1.165, 1.54) is 19.2 Å². The lowest BCUT2D eigenvalue weighted by Crippen LogP contribution is -2.19. The van der Waals surface area contributed by atoms with Crippen LogP contribution >= 0.6 is 11.6 Å². The Balaban J connectivity index is 1.81. The maximum Gasteiger partial charge on any atom is 0.240 e. The van der Waals surface area contributed by atoms with Crippen LogP contribution in [0.4, 0.5) is 5.82 Å². The molecule has 9 heteroatoms. The standard InChI is InChI=1S/C19H20ClN7O/c20-9-16(28)25-19-14(17-13-6-8-22-18(13)24-11-23-17)10-27(26-19)15(5-7-21)12-3-1-2-4-12/h6,8,10-12,15H,1-5,9H2,(H,22,23,24)(H,25,26,28). The highest BCUT2D eigenvalue weighted by atomic mass is 35.5. The summed E-state index contributed by atoms with van der Waals surface area (Å²) < 4.78 is 1.82. The van der Waals surface area contributed by atoms with Crippen LogP contribution in [0.1, 0.15) is 38.1 Å². The van der Waals surface area contributed by atoms with E-state index in [0.29, 0.717) is 35.1 Å². The average molecular weight is 398 g/mol. The van der Waals surface area contributed by atoms with E-state index in [2.05, 4.69) is 31.4 Å². The Labute approximate surface area is 166 Å². The van der Waals surface area contributed by atoms with Crippen LogP contribution in [-0.2, 0) is 4.79 Å². The summed E-state index contributed by atoms with van der Waals surface area (Å²) in [6.45, 7) is 0. The Morgan fingerprint density at radius 3 is 3.00 bits per heavy atom. The highest BCUT2D eigenvalue weighted by molar-refractivity contribution is 6.29. The highest BCUT2D eigenvalue weighted by Gasteiger charge is 2.29. The number of halogens is 1. The topological polar surface area (TPSA) is 112 Å². The summed E-state index contributed by atoms with van der Waals surface area (Å²) in [4.78, 5) is 23.7. The molecule has 1 atom stereocenters. The summed E-state index contributed by atoms with van der Waals surface area (Å²) in [6.07, 6.45) is 10.0. The van der Waals surface area contributed by atoms with Gasteiger partial charge < -0.3 is 10.3 Å². The van der Waals surface area contributed by atoms with Crippen LogP contribution in [0.3, 0.4) is 0 Å². The first-order valence-electron chi connectivity index (χ1n) is 9.31. The van der Waals surface area contributed by atoms with Gasteiger partial charge in [0.05, 0.1) is 29.8 Å². The highest BCUT2D eigenvalue weighted by Crippen LogP contribution is 2.38. The van der Waals surface area contributed by atoms with Gasteiger partial charge in [0, 0.05) is 17.8 Å². The number of nitriles is 1. The van der Waals surface area contributed by atoms with E-state index in [1.54, 1.807) is 6.20 Å². The zero-order valence-electron chi connectivity index (χ0n) is 15.2. The van der Waals surface area contributed by atoms with Gasteiger partial charge in [0.1, 0.15) is 17.9 Å². The Bertz CT molecular complexity index is 1030. The SMILES string of the molecule is N#CCC(C1CCCC1)n1cc(-c2ncnc3[nH]ccc23)c(NC(=O)CCl)n1. The summed E-state index contributed by atoms with van der Waals surface area (Å²) in [6, 6.07) is 4.15. The van der Waals surface area contributed by atoms with E-state index >= 15 is 0 Å². The number of aromatic nitrogens is 5. The number of carbonyl (C=O) groups excluding carboxylic acids is 1. The summed E-state index contributed by atoms with van der Waals surface area (Å²) in [5.74, 6) is 0.291. The van der Waals surface area contributed by atoms with Gasteiger partial charge in [-0.25, -0.2) is 9.97 Å². The van der Waals surface area contributed by atoms with Crippen molar-refractivity contribution in [1.82, 2.24) is 24.7 Å². The maximum absolute atomic E-state index is 12.0. The number of nitrogens with zero attached hydrogens (tertiary/aromatic N) is 5. The van der Waals surface area contributed by atoms with E-state index in [4.69, 9.17) is 11.6 Å². The molecule has 1 aliphatic carbocycles. The minimum absolute atomic E-state index is 0.0311. The van der Waals surface area contributed by atoms with Crippen molar-refractivity contribution in [1.29, 1.82) is 5.26 Å². The van der Waals surface area contributed by atoms with Crippen LogP contribution in [0.2, 0.25) is 0 Å². The molecule has 144 valence electrons. The van der Waals surface area contributed by atoms with Crippen LogP contribution < -0.4 is 5.32 Å². The first-order valence-corrected chi connectivity index (χ1v) is 9.85. The molecule has 28 heavy (non-hydrogen) atoms. The molecule has 1 saturated carbocycles. The molecule has 0 radical (unpaired) electrons. The summed E-state index contributed by atoms with van der Waals surface area (Å²) in [5.41, 5.74) is 2.06. The van der Waals surface area contributed by atoms with Crippen molar-refractivity contribution in [2.24, 2.45) is 5.92 Å². The van der Waals surface area contributed by atoms with Gasteiger partial charge in [0.25, 0.3) is 0 Å². The summed E-state index contributed by atoms with van der Waals surface area (Å²) in [5, 5.41) is 17.6. The number of rotatable bonds is 6. The van der Waals surface area contributed by atoms with Crippen LogP contribution in [0, 0.1) is 17.2 Å². The van der Waals surface area contributed by atoms with Crippen molar-refractivity contribution in [3.63, 3.8) is 0 Å². The first kappa shape index (κ1) is 18.4. The number of H-pyrrole nitrogens is 1. The van der Waals surface area contributed by atoms with Crippen LogP contribution in [0.25, 0.3) is 22.3 Å². The maximum atomic E-state index is 12.0. The second-order valence-corrected chi connectivity index (χ2v) is 7.26. The number of carbonyl (C=O) groups is 1. The van der Waals surface area contributed by atoms with Gasteiger partial charge in [-0.05, 0) is 24.8 Å². The fourth-order valence-corrected chi connectivity index (χ4v) is 4.06. The normalized spacial score (nSPS) is 15.6. The Morgan fingerprint density at radius 2 is 2.25 bits per heavy atom. The van der Waals surface area contributed by atoms with Gasteiger partial charge in [0.15, 0.2) is 5.82 Å². The molecule has 1 amide bonds. The van der Waals surface area contributed by atoms with E-state index in [9.17, 15) is 10.1 Å². The molecule has 0 bridgehead atoms. The van der Waals surface area contributed by atoms with Crippen molar-refractivity contribution < 1.29 is 4.79 Å². The summed E-state index contributed by atoms with van der Waals surface area (Å²) >= 11 is 5.68. The second kappa shape index (κ2) is 7.98. The number of aromatic amines is 1. The third-order valence-corrected chi connectivity index (χ3v) is 5.55. The predicted octanol–water partition coefficient (Wildman–Crippen LogP) is 3.64. The van der Waals surface area contributed by atoms with Gasteiger partial charge in [-0.2, -0.15) is 10.4 Å². The molecule has 2 N–H and O–H groups in total. The molecule has 4 rings (SSSR count). The molecule has 8 nitrogen and oxygen atoms in total. The molecule has 0 spiro atoms. The number of hydrogen-bond acceptors (Lipinski definition) is 5. The average Bonchev–Trinajstić information content (AvgIpc) is 3.46. The number of hydrogen-bond donors (Lipinski definition) is 2. The number of amides is 1. The lowest BCUT2D eigenvalue weighted by Gasteiger charge is -2.21. The van der Waals surface area contributed by atoms with E-state index in [-0.39, 0.29) is 17.8 Å². The van der Waals surface area contributed by atoms with Crippen molar-refractivity contribution in [3.8, 4) is 17.3 Å². The van der Waals surface area contributed by atoms with Crippen LogP contribution in [0.5, 0.6) is 0 Å².